The van der Waals surface area contributed by atoms with E-state index in [1.165, 1.54) is 33.4 Å². The Kier molecular flexibility index (Phi) is 3.83. The summed E-state index contributed by atoms with van der Waals surface area (Å²) in [6.45, 7) is 2.01. The topological polar surface area (TPSA) is 6.48 Å². The Morgan fingerprint density at radius 1 is 0.810 bits per heavy atom. The van der Waals surface area contributed by atoms with Crippen molar-refractivity contribution in [1.82, 2.24) is 9.80 Å². The van der Waals surface area contributed by atoms with Crippen LogP contribution in [0.1, 0.15) is 22.3 Å². The molecule has 1 aliphatic carbocycles. The van der Waals surface area contributed by atoms with Crippen LogP contribution in [0.25, 0.3) is 11.1 Å². The minimum absolute atomic E-state index is 0.999. The predicted molar refractivity (Wildman–Crippen MR) is 89.5 cm³/mol. The molecule has 0 heterocycles. The lowest BCUT2D eigenvalue weighted by molar-refractivity contribution is 0.398. The molecular formula is C19H24N2. The van der Waals surface area contributed by atoms with Gasteiger partial charge in [0.15, 0.2) is 0 Å². The largest absolute Gasteiger partial charge is 0.305 e. The van der Waals surface area contributed by atoms with E-state index in [0.717, 1.165) is 19.5 Å². The van der Waals surface area contributed by atoms with Gasteiger partial charge in [0.2, 0.25) is 0 Å². The second-order valence-corrected chi connectivity index (χ2v) is 6.55. The summed E-state index contributed by atoms with van der Waals surface area (Å²) in [5.74, 6) is 0. The first-order valence-corrected chi connectivity index (χ1v) is 7.57. The van der Waals surface area contributed by atoms with Gasteiger partial charge in [-0.15, -0.1) is 0 Å². The van der Waals surface area contributed by atoms with Crippen molar-refractivity contribution in [2.45, 2.75) is 19.5 Å². The lowest BCUT2D eigenvalue weighted by Gasteiger charge is -2.18. The van der Waals surface area contributed by atoms with Crippen molar-refractivity contribution in [3.05, 3.63) is 58.7 Å². The zero-order valence-electron chi connectivity index (χ0n) is 13.5. The van der Waals surface area contributed by atoms with Crippen LogP contribution in [0.4, 0.5) is 0 Å². The number of hydrogen-bond donors (Lipinski definition) is 0. The van der Waals surface area contributed by atoms with Gasteiger partial charge in [0, 0.05) is 13.1 Å². The molecule has 21 heavy (non-hydrogen) atoms. The average molecular weight is 280 g/mol. The number of fused-ring (bicyclic) bond motifs is 3. The van der Waals surface area contributed by atoms with Crippen molar-refractivity contribution >= 4 is 0 Å². The molecule has 0 amide bonds. The first-order chi connectivity index (χ1) is 10.1. The summed E-state index contributed by atoms with van der Waals surface area (Å²) in [6, 6.07) is 13.5. The van der Waals surface area contributed by atoms with Gasteiger partial charge in [0.1, 0.15) is 0 Å². The molecule has 0 bridgehead atoms. The van der Waals surface area contributed by atoms with Crippen LogP contribution in [-0.2, 0) is 19.5 Å². The summed E-state index contributed by atoms with van der Waals surface area (Å²) in [4.78, 5) is 4.51. The standard InChI is InChI=1S/C19H24N2/c1-20(2)12-15-9-10-16(13-21(3)4)19-17-8-6-5-7-14(17)11-18(15)19/h5-10H,11-13H2,1-4H3. The van der Waals surface area contributed by atoms with Crippen molar-refractivity contribution in [3.63, 3.8) is 0 Å². The highest BCUT2D eigenvalue weighted by molar-refractivity contribution is 5.80. The van der Waals surface area contributed by atoms with Crippen LogP contribution in [0.3, 0.4) is 0 Å². The Morgan fingerprint density at radius 2 is 1.43 bits per heavy atom. The van der Waals surface area contributed by atoms with E-state index in [0.29, 0.717) is 0 Å². The Balaban J connectivity index is 2.14. The average Bonchev–Trinajstić information content (AvgIpc) is 2.80. The van der Waals surface area contributed by atoms with Gasteiger partial charge in [-0.2, -0.15) is 0 Å². The van der Waals surface area contributed by atoms with E-state index in [1.54, 1.807) is 0 Å². The summed E-state index contributed by atoms with van der Waals surface area (Å²) in [6.07, 6.45) is 1.08. The molecule has 110 valence electrons. The molecule has 0 N–H and O–H groups in total. The lowest BCUT2D eigenvalue weighted by Crippen LogP contribution is -2.14. The summed E-state index contributed by atoms with van der Waals surface area (Å²) in [5, 5.41) is 0. The molecule has 0 saturated heterocycles. The molecule has 3 rings (SSSR count). The van der Waals surface area contributed by atoms with Gasteiger partial charge in [-0.1, -0.05) is 36.4 Å². The fraction of sp³-hybridized carbons (Fsp3) is 0.368. The minimum atomic E-state index is 0.999. The molecule has 0 aromatic heterocycles. The van der Waals surface area contributed by atoms with E-state index < -0.39 is 0 Å². The van der Waals surface area contributed by atoms with Gasteiger partial charge in [-0.3, -0.25) is 0 Å². The highest BCUT2D eigenvalue weighted by Gasteiger charge is 2.23. The van der Waals surface area contributed by atoms with Gasteiger partial charge >= 0.3 is 0 Å². The summed E-state index contributed by atoms with van der Waals surface area (Å²) in [7, 11) is 8.56. The monoisotopic (exact) mass is 280 g/mol. The van der Waals surface area contributed by atoms with Crippen LogP contribution >= 0.6 is 0 Å². The van der Waals surface area contributed by atoms with Crippen molar-refractivity contribution in [2.75, 3.05) is 28.2 Å². The Bertz CT molecular complexity index is 657. The smallest absolute Gasteiger partial charge is 0.0233 e. The number of hydrogen-bond acceptors (Lipinski definition) is 2. The van der Waals surface area contributed by atoms with E-state index in [4.69, 9.17) is 0 Å². The number of nitrogens with zero attached hydrogens (tertiary/aromatic N) is 2. The highest BCUT2D eigenvalue weighted by Crippen LogP contribution is 2.41. The number of rotatable bonds is 4. The van der Waals surface area contributed by atoms with Crippen LogP contribution in [0.15, 0.2) is 36.4 Å². The molecule has 0 atom stereocenters. The third kappa shape index (κ3) is 2.74. The SMILES string of the molecule is CN(C)Cc1ccc(CN(C)C)c2c1Cc1ccccc1-2. The highest BCUT2D eigenvalue weighted by atomic mass is 15.1. The molecule has 2 heteroatoms. The van der Waals surface area contributed by atoms with Crippen molar-refractivity contribution in [2.24, 2.45) is 0 Å². The molecular weight excluding hydrogens is 256 g/mol. The van der Waals surface area contributed by atoms with Crippen LogP contribution in [-0.4, -0.2) is 38.0 Å². The van der Waals surface area contributed by atoms with E-state index in [2.05, 4.69) is 74.4 Å². The maximum Gasteiger partial charge on any atom is 0.0233 e. The maximum atomic E-state index is 2.32. The molecule has 0 fully saturated rings. The zero-order chi connectivity index (χ0) is 15.0. The molecule has 2 aromatic carbocycles. The fourth-order valence-corrected chi connectivity index (χ4v) is 3.35. The van der Waals surface area contributed by atoms with E-state index >= 15 is 0 Å². The Hall–Kier alpha value is -1.64. The Morgan fingerprint density at radius 3 is 2.14 bits per heavy atom. The van der Waals surface area contributed by atoms with E-state index in [9.17, 15) is 0 Å². The zero-order valence-corrected chi connectivity index (χ0v) is 13.5. The first kappa shape index (κ1) is 14.3. The van der Waals surface area contributed by atoms with Gasteiger partial charge in [-0.05, 0) is 68.0 Å². The van der Waals surface area contributed by atoms with Gasteiger partial charge in [0.05, 0.1) is 0 Å². The third-order valence-electron chi connectivity index (χ3n) is 4.12. The molecule has 0 saturated carbocycles. The quantitative estimate of drug-likeness (QED) is 0.723. The molecule has 2 nitrogen and oxygen atoms in total. The minimum Gasteiger partial charge on any atom is -0.305 e. The first-order valence-electron chi connectivity index (χ1n) is 7.57. The second kappa shape index (κ2) is 5.63. The summed E-state index contributed by atoms with van der Waals surface area (Å²) >= 11 is 0. The molecule has 0 spiro atoms. The number of benzene rings is 2. The second-order valence-electron chi connectivity index (χ2n) is 6.55. The van der Waals surface area contributed by atoms with Gasteiger partial charge in [0.25, 0.3) is 0 Å². The van der Waals surface area contributed by atoms with Crippen molar-refractivity contribution < 1.29 is 0 Å². The molecule has 0 aliphatic heterocycles. The summed E-state index contributed by atoms with van der Waals surface area (Å²) in [5.41, 5.74) is 8.84. The molecule has 0 radical (unpaired) electrons. The van der Waals surface area contributed by atoms with E-state index in [-0.39, 0.29) is 0 Å². The molecule has 2 aromatic rings. The van der Waals surface area contributed by atoms with Gasteiger partial charge < -0.3 is 9.80 Å². The predicted octanol–water partition coefficient (Wildman–Crippen LogP) is 3.38. The third-order valence-corrected chi connectivity index (χ3v) is 4.12. The van der Waals surface area contributed by atoms with E-state index in [1.807, 2.05) is 0 Å². The van der Waals surface area contributed by atoms with Crippen LogP contribution < -0.4 is 0 Å². The maximum absolute atomic E-state index is 2.32. The normalized spacial score (nSPS) is 12.9. The lowest BCUT2D eigenvalue weighted by atomic mass is 9.95. The molecule has 1 aliphatic rings. The molecule has 0 unspecified atom stereocenters. The van der Waals surface area contributed by atoms with Gasteiger partial charge in [-0.25, -0.2) is 0 Å². The Labute approximate surface area is 128 Å². The van der Waals surface area contributed by atoms with Crippen LogP contribution in [0.5, 0.6) is 0 Å². The summed E-state index contributed by atoms with van der Waals surface area (Å²) < 4.78 is 0. The van der Waals surface area contributed by atoms with Crippen molar-refractivity contribution in [3.8, 4) is 11.1 Å². The van der Waals surface area contributed by atoms with Crippen LogP contribution in [0.2, 0.25) is 0 Å². The fourth-order valence-electron chi connectivity index (χ4n) is 3.35. The van der Waals surface area contributed by atoms with Crippen molar-refractivity contribution in [1.29, 1.82) is 0 Å². The van der Waals surface area contributed by atoms with Crippen LogP contribution in [0, 0.1) is 0 Å².